The summed E-state index contributed by atoms with van der Waals surface area (Å²) in [7, 11) is 0. The van der Waals surface area contributed by atoms with Gasteiger partial charge in [0.25, 0.3) is 0 Å². The van der Waals surface area contributed by atoms with Gasteiger partial charge in [-0.3, -0.25) is 0 Å². The molecule has 1 amide bonds. The number of thioether (sulfide) groups is 1. The van der Waals surface area contributed by atoms with E-state index in [2.05, 4.69) is 37.1 Å². The van der Waals surface area contributed by atoms with Crippen molar-refractivity contribution >= 4 is 62.4 Å². The van der Waals surface area contributed by atoms with Crippen molar-refractivity contribution in [2.45, 2.75) is 5.54 Å². The molecule has 1 fully saturated rings. The van der Waals surface area contributed by atoms with Gasteiger partial charge in [-0.25, -0.2) is 4.39 Å². The van der Waals surface area contributed by atoms with E-state index < -0.39 is 28.9 Å². The van der Waals surface area contributed by atoms with Crippen molar-refractivity contribution in [1.82, 2.24) is 15.0 Å². The zero-order chi connectivity index (χ0) is 23.9. The summed E-state index contributed by atoms with van der Waals surface area (Å²) in [5.41, 5.74) is -0.220. The fraction of sp³-hybridized carbons (Fsp3) is 0.227. The second-order valence-corrected chi connectivity index (χ2v) is 10.5. The molecule has 1 saturated heterocycles. The van der Waals surface area contributed by atoms with Crippen LogP contribution in [-0.4, -0.2) is 60.4 Å². The molecule has 0 spiro atoms. The van der Waals surface area contributed by atoms with Crippen LogP contribution in [0.5, 0.6) is 0 Å². The van der Waals surface area contributed by atoms with Crippen molar-refractivity contribution in [2.24, 2.45) is 10.9 Å². The number of hydrogen-bond donors (Lipinski definition) is 1. The number of carbonyl (C=O) groups is 1. The Morgan fingerprint density at radius 2 is 1.83 bits per heavy atom. The third-order valence-corrected chi connectivity index (χ3v) is 7.74. The molecule has 35 heavy (non-hydrogen) atoms. The molecule has 2 aliphatic heterocycles. The van der Waals surface area contributed by atoms with Crippen LogP contribution in [0.1, 0.15) is 16.1 Å². The number of aromatic nitrogens is 3. The van der Waals surface area contributed by atoms with Crippen LogP contribution in [0.3, 0.4) is 0 Å². The molecule has 1 aromatic carbocycles. The molecule has 5 rings (SSSR count). The molecule has 2 radical (unpaired) electrons. The van der Waals surface area contributed by atoms with Crippen molar-refractivity contribution in [3.8, 4) is 0 Å². The van der Waals surface area contributed by atoms with Gasteiger partial charge in [0.15, 0.2) is 0 Å². The Bertz CT molecular complexity index is 1280. The van der Waals surface area contributed by atoms with Crippen LogP contribution in [0, 0.1) is 23.4 Å². The molecule has 4 heterocycles. The molecular formula is C22H17AsClF3N6OS. The maximum absolute atomic E-state index is 15.3. The Labute approximate surface area is 218 Å². The molecule has 180 valence electrons. The minimum atomic E-state index is -0.940. The summed E-state index contributed by atoms with van der Waals surface area (Å²) in [6.45, 7) is 0.802. The zero-order valence-corrected chi connectivity index (χ0v) is 21.4. The number of pyridine rings is 1. The number of fused-ring (bicyclic) bond motifs is 1. The first-order valence-corrected chi connectivity index (χ1v) is 12.1. The van der Waals surface area contributed by atoms with Gasteiger partial charge in [-0.2, -0.15) is 0 Å². The molecule has 7 nitrogen and oxygen atoms in total. The summed E-state index contributed by atoms with van der Waals surface area (Å²) >= 11 is 3.97. The van der Waals surface area contributed by atoms with Crippen molar-refractivity contribution in [3.63, 3.8) is 0 Å². The third-order valence-electron chi connectivity index (χ3n) is 5.80. The van der Waals surface area contributed by atoms with Crippen LogP contribution in [-0.2, 0) is 5.54 Å². The Morgan fingerprint density at radius 3 is 2.54 bits per heavy atom. The number of amides is 1. The fourth-order valence-corrected chi connectivity index (χ4v) is 6.03. The average molecular weight is 581 g/mol. The van der Waals surface area contributed by atoms with Crippen LogP contribution >= 0.6 is 24.2 Å². The second kappa shape index (κ2) is 10.2. The summed E-state index contributed by atoms with van der Waals surface area (Å²) in [4.78, 5) is 31.2. The van der Waals surface area contributed by atoms with Crippen LogP contribution < -0.4 is 10.2 Å². The first-order chi connectivity index (χ1) is 16.3. The Balaban J connectivity index is 0.00000289. The van der Waals surface area contributed by atoms with E-state index in [-0.39, 0.29) is 24.0 Å². The molecule has 3 aromatic rings. The Hall–Kier alpha value is -2.62. The van der Waals surface area contributed by atoms with Crippen LogP contribution in [0.15, 0.2) is 53.9 Å². The van der Waals surface area contributed by atoms with Crippen LogP contribution in [0.25, 0.3) is 0 Å². The number of hydrogen-bond acceptors (Lipinski definition) is 7. The number of aliphatic imine (C=N–C) groups is 1. The van der Waals surface area contributed by atoms with Gasteiger partial charge in [-0.05, 0) is 0 Å². The van der Waals surface area contributed by atoms with E-state index >= 15 is 4.39 Å². The first kappa shape index (κ1) is 25.5. The van der Waals surface area contributed by atoms with Gasteiger partial charge < -0.3 is 0 Å². The van der Waals surface area contributed by atoms with E-state index in [1.54, 1.807) is 17.8 Å². The summed E-state index contributed by atoms with van der Waals surface area (Å²) in [5.74, 6) is -1.13. The van der Waals surface area contributed by atoms with Crippen LogP contribution in [0.2, 0.25) is 0 Å². The van der Waals surface area contributed by atoms with Gasteiger partial charge in [0.2, 0.25) is 0 Å². The number of halogens is 4. The maximum atomic E-state index is 15.3. The van der Waals surface area contributed by atoms with Crippen molar-refractivity contribution in [3.05, 3.63) is 77.6 Å². The summed E-state index contributed by atoms with van der Waals surface area (Å²) < 4.78 is 42.5. The van der Waals surface area contributed by atoms with Gasteiger partial charge in [-0.15, -0.1) is 12.4 Å². The molecule has 0 aliphatic carbocycles. The van der Waals surface area contributed by atoms with E-state index in [1.807, 2.05) is 4.90 Å². The van der Waals surface area contributed by atoms with Crippen molar-refractivity contribution in [1.29, 1.82) is 0 Å². The molecule has 13 heteroatoms. The molecular weight excluding hydrogens is 564 g/mol. The summed E-state index contributed by atoms with van der Waals surface area (Å²) in [5, 5.41) is 2.69. The zero-order valence-electron chi connectivity index (χ0n) is 17.9. The second-order valence-electron chi connectivity index (χ2n) is 7.92. The van der Waals surface area contributed by atoms with Gasteiger partial charge >= 0.3 is 202 Å². The summed E-state index contributed by atoms with van der Waals surface area (Å²) in [6.07, 6.45) is 3.14. The molecule has 0 saturated carbocycles. The fourth-order valence-electron chi connectivity index (χ4n) is 4.22. The third kappa shape index (κ3) is 5.03. The molecule has 2 atom stereocenters. The molecule has 0 bridgehead atoms. The number of rotatable bonds is 4. The average Bonchev–Trinajstić information content (AvgIpc) is 3.20. The van der Waals surface area contributed by atoms with Gasteiger partial charge in [0.1, 0.15) is 0 Å². The van der Waals surface area contributed by atoms with E-state index in [4.69, 9.17) is 4.99 Å². The van der Waals surface area contributed by atoms with Gasteiger partial charge in [0, 0.05) is 0 Å². The number of nitrogens with one attached hydrogen (secondary N) is 1. The quantitative estimate of drug-likeness (QED) is 0.475. The molecule has 2 aromatic heterocycles. The van der Waals surface area contributed by atoms with Gasteiger partial charge in [0.05, 0.1) is 0 Å². The van der Waals surface area contributed by atoms with Crippen molar-refractivity contribution in [2.75, 3.05) is 29.1 Å². The van der Waals surface area contributed by atoms with E-state index in [0.29, 0.717) is 36.0 Å². The number of benzene rings is 1. The normalized spacial score (nSPS) is 21.1. The molecule has 1 unspecified atom stereocenters. The number of nitrogens with zero attached hydrogens (tertiary/aromatic N) is 5. The van der Waals surface area contributed by atoms with E-state index in [1.165, 1.54) is 18.2 Å². The predicted octanol–water partition coefficient (Wildman–Crippen LogP) is 3.57. The predicted molar refractivity (Wildman–Crippen MR) is 131 cm³/mol. The summed E-state index contributed by atoms with van der Waals surface area (Å²) in [6, 6.07) is 6.71. The van der Waals surface area contributed by atoms with Gasteiger partial charge in [-0.1, -0.05) is 0 Å². The number of anilines is 2. The molecule has 1 N–H and O–H groups in total. The Morgan fingerprint density at radius 1 is 1.09 bits per heavy atom. The first-order valence-electron chi connectivity index (χ1n) is 10.2. The Kier molecular flexibility index (Phi) is 7.40. The van der Waals surface area contributed by atoms with Crippen LogP contribution in [0.4, 0.5) is 24.8 Å². The SMILES string of the molecule is Cl.O=C(Nc1ccc(F)c(C23CN(c4ncc(F)cn4)C[C@H]2CSC([As])=N3)c1)c1ccc(F)cn1. The van der Waals surface area contributed by atoms with E-state index in [9.17, 15) is 13.6 Å². The standard InChI is InChI=1S/C22H16AsF3N6OS.ClH/c23-20-31-22(11-32(9-12(22)10-34-20)21-28-7-14(25)8-29-21)16-5-15(2-3-17(16)26)30-19(33)18-4-1-13(24)6-27-18;/h1-8,12H,9-11H2,(H,30,33);1H/t12-,22?;/m0./s1. The topological polar surface area (TPSA) is 83.4 Å². The number of carbonyl (C=O) groups excluding carboxylic acids is 1. The van der Waals surface area contributed by atoms with E-state index in [0.717, 1.165) is 28.5 Å². The monoisotopic (exact) mass is 580 g/mol. The molecule has 2 aliphatic rings. The van der Waals surface area contributed by atoms with Crippen molar-refractivity contribution < 1.29 is 18.0 Å². The minimum absolute atomic E-state index is 0.